The van der Waals surface area contributed by atoms with Crippen molar-refractivity contribution in [2.24, 2.45) is 0 Å². The molecule has 3 heterocycles. The summed E-state index contributed by atoms with van der Waals surface area (Å²) in [5.41, 5.74) is 1.14. The molecule has 0 fully saturated rings. The van der Waals surface area contributed by atoms with Crippen LogP contribution in [0.1, 0.15) is 21.4 Å². The number of rotatable bonds is 5. The lowest BCUT2D eigenvalue weighted by Gasteiger charge is -2.15. The summed E-state index contributed by atoms with van der Waals surface area (Å²) in [4.78, 5) is 2.53. The Hall–Kier alpha value is -1.07. The summed E-state index contributed by atoms with van der Waals surface area (Å²) >= 11 is 9.41. The number of furan rings is 1. The molecule has 3 aromatic heterocycles. The van der Waals surface area contributed by atoms with E-state index in [2.05, 4.69) is 28.9 Å². The summed E-state index contributed by atoms with van der Waals surface area (Å²) in [6.07, 6.45) is 3.46. The molecular weight excluding hydrogens is 298 g/mol. The van der Waals surface area contributed by atoms with E-state index in [1.165, 1.54) is 9.75 Å². The molecular formula is C14H12ClNOS2. The second kappa shape index (κ2) is 5.92. The molecule has 0 amide bonds. The van der Waals surface area contributed by atoms with E-state index in [9.17, 15) is 0 Å². The molecule has 0 aromatic carbocycles. The SMILES string of the molecule is Clc1ccc(C(NCc2ccoc2)c2cccs2)s1. The van der Waals surface area contributed by atoms with Crippen molar-refractivity contribution < 1.29 is 4.42 Å². The second-order valence-electron chi connectivity index (χ2n) is 4.10. The summed E-state index contributed by atoms with van der Waals surface area (Å²) in [5.74, 6) is 0. The lowest BCUT2D eigenvalue weighted by molar-refractivity contribution is 0.556. The maximum absolute atomic E-state index is 6.04. The Labute approximate surface area is 124 Å². The summed E-state index contributed by atoms with van der Waals surface area (Å²) < 4.78 is 5.91. The van der Waals surface area contributed by atoms with Gasteiger partial charge in [-0.05, 0) is 29.6 Å². The highest BCUT2D eigenvalue weighted by molar-refractivity contribution is 7.16. The fourth-order valence-corrected chi connectivity index (χ4v) is 3.94. The maximum atomic E-state index is 6.04. The Morgan fingerprint density at radius 3 is 2.79 bits per heavy atom. The van der Waals surface area contributed by atoms with E-state index in [4.69, 9.17) is 16.0 Å². The quantitative estimate of drug-likeness (QED) is 0.722. The lowest BCUT2D eigenvalue weighted by Crippen LogP contribution is -2.20. The molecule has 0 bridgehead atoms. The number of nitrogens with one attached hydrogen (secondary N) is 1. The van der Waals surface area contributed by atoms with Gasteiger partial charge in [-0.25, -0.2) is 0 Å². The molecule has 2 nitrogen and oxygen atoms in total. The van der Waals surface area contributed by atoms with Gasteiger partial charge in [-0.2, -0.15) is 0 Å². The van der Waals surface area contributed by atoms with Crippen LogP contribution in [0.25, 0.3) is 0 Å². The van der Waals surface area contributed by atoms with Gasteiger partial charge in [0, 0.05) is 21.9 Å². The van der Waals surface area contributed by atoms with Crippen LogP contribution in [0, 0.1) is 0 Å². The third-order valence-electron chi connectivity index (χ3n) is 2.80. The van der Waals surface area contributed by atoms with Gasteiger partial charge in [0.25, 0.3) is 0 Å². The van der Waals surface area contributed by atoms with Gasteiger partial charge in [-0.15, -0.1) is 22.7 Å². The minimum atomic E-state index is 0.187. The van der Waals surface area contributed by atoms with Crippen molar-refractivity contribution in [1.29, 1.82) is 0 Å². The third-order valence-corrected chi connectivity index (χ3v) is 5.03. The van der Waals surface area contributed by atoms with E-state index in [1.54, 1.807) is 35.2 Å². The van der Waals surface area contributed by atoms with E-state index in [0.29, 0.717) is 0 Å². The number of halogens is 1. The zero-order valence-corrected chi connectivity index (χ0v) is 12.4. The number of thiophene rings is 2. The van der Waals surface area contributed by atoms with E-state index >= 15 is 0 Å². The minimum absolute atomic E-state index is 0.187. The zero-order chi connectivity index (χ0) is 13.1. The van der Waals surface area contributed by atoms with E-state index < -0.39 is 0 Å². The molecule has 3 rings (SSSR count). The minimum Gasteiger partial charge on any atom is -0.472 e. The van der Waals surface area contributed by atoms with Gasteiger partial charge >= 0.3 is 0 Å². The molecule has 0 radical (unpaired) electrons. The molecule has 1 atom stereocenters. The van der Waals surface area contributed by atoms with Crippen LogP contribution in [0.5, 0.6) is 0 Å². The van der Waals surface area contributed by atoms with Gasteiger partial charge in [0.05, 0.1) is 22.9 Å². The molecule has 5 heteroatoms. The van der Waals surface area contributed by atoms with Gasteiger partial charge < -0.3 is 9.73 Å². The molecule has 0 saturated carbocycles. The molecule has 0 aliphatic carbocycles. The van der Waals surface area contributed by atoms with Crippen LogP contribution >= 0.6 is 34.3 Å². The molecule has 1 N–H and O–H groups in total. The van der Waals surface area contributed by atoms with Crippen molar-refractivity contribution in [3.63, 3.8) is 0 Å². The predicted molar refractivity (Wildman–Crippen MR) is 81.0 cm³/mol. The molecule has 19 heavy (non-hydrogen) atoms. The first-order valence-corrected chi connectivity index (χ1v) is 7.93. The van der Waals surface area contributed by atoms with Crippen molar-refractivity contribution in [2.45, 2.75) is 12.6 Å². The zero-order valence-electron chi connectivity index (χ0n) is 10.0. The third kappa shape index (κ3) is 3.09. The molecule has 98 valence electrons. The number of hydrogen-bond acceptors (Lipinski definition) is 4. The Bertz CT molecular complexity index is 616. The standard InChI is InChI=1S/C14H12ClNOS2/c15-13-4-3-12(19-13)14(11-2-1-7-18-11)16-8-10-5-6-17-9-10/h1-7,9,14,16H,8H2. The summed E-state index contributed by atoms with van der Waals surface area (Å²) in [6, 6.07) is 10.4. The van der Waals surface area contributed by atoms with Crippen LogP contribution < -0.4 is 5.32 Å². The first kappa shape index (κ1) is 12.9. The normalized spacial score (nSPS) is 12.7. The van der Waals surface area contributed by atoms with Crippen LogP contribution in [0.4, 0.5) is 0 Å². The predicted octanol–water partition coefficient (Wildman–Crippen LogP) is 4.94. The van der Waals surface area contributed by atoms with E-state index in [-0.39, 0.29) is 6.04 Å². The second-order valence-corrected chi connectivity index (χ2v) is 6.83. The Kier molecular flexibility index (Phi) is 4.03. The number of hydrogen-bond donors (Lipinski definition) is 1. The highest BCUT2D eigenvalue weighted by Gasteiger charge is 2.16. The molecule has 3 aromatic rings. The van der Waals surface area contributed by atoms with E-state index in [1.807, 2.05) is 12.1 Å². The summed E-state index contributed by atoms with van der Waals surface area (Å²) in [5, 5.41) is 5.65. The van der Waals surface area contributed by atoms with E-state index in [0.717, 1.165) is 16.4 Å². The molecule has 1 unspecified atom stereocenters. The van der Waals surface area contributed by atoms with Crippen molar-refractivity contribution in [2.75, 3.05) is 0 Å². The van der Waals surface area contributed by atoms with Crippen LogP contribution in [0.3, 0.4) is 0 Å². The average molecular weight is 310 g/mol. The smallest absolute Gasteiger partial charge is 0.0947 e. The maximum Gasteiger partial charge on any atom is 0.0947 e. The van der Waals surface area contributed by atoms with Crippen molar-refractivity contribution in [1.82, 2.24) is 5.32 Å². The van der Waals surface area contributed by atoms with Crippen LogP contribution in [-0.2, 0) is 6.54 Å². The van der Waals surface area contributed by atoms with Crippen LogP contribution in [0.15, 0.2) is 52.7 Å². The topological polar surface area (TPSA) is 25.2 Å². The molecule has 0 saturated heterocycles. The average Bonchev–Trinajstić information content (AvgIpc) is 3.11. The highest BCUT2D eigenvalue weighted by atomic mass is 35.5. The monoisotopic (exact) mass is 309 g/mol. The van der Waals surface area contributed by atoms with Crippen molar-refractivity contribution in [3.8, 4) is 0 Å². The van der Waals surface area contributed by atoms with Gasteiger partial charge in [0.1, 0.15) is 0 Å². The van der Waals surface area contributed by atoms with Crippen molar-refractivity contribution in [3.05, 3.63) is 67.9 Å². The van der Waals surface area contributed by atoms with Gasteiger partial charge in [0.15, 0.2) is 0 Å². The first-order chi connectivity index (χ1) is 9.33. The van der Waals surface area contributed by atoms with Gasteiger partial charge in [0.2, 0.25) is 0 Å². The highest BCUT2D eigenvalue weighted by Crippen LogP contribution is 2.33. The van der Waals surface area contributed by atoms with Crippen LogP contribution in [-0.4, -0.2) is 0 Å². The summed E-state index contributed by atoms with van der Waals surface area (Å²) in [6.45, 7) is 0.772. The molecule has 0 aliphatic heterocycles. The summed E-state index contributed by atoms with van der Waals surface area (Å²) in [7, 11) is 0. The lowest BCUT2D eigenvalue weighted by atomic mass is 10.2. The van der Waals surface area contributed by atoms with Crippen molar-refractivity contribution >= 4 is 34.3 Å². The van der Waals surface area contributed by atoms with Gasteiger partial charge in [-0.1, -0.05) is 17.7 Å². The Morgan fingerprint density at radius 2 is 2.16 bits per heavy atom. The first-order valence-electron chi connectivity index (χ1n) is 5.86. The molecule has 0 aliphatic rings. The largest absolute Gasteiger partial charge is 0.472 e. The fourth-order valence-electron chi connectivity index (χ4n) is 1.89. The Morgan fingerprint density at radius 1 is 1.21 bits per heavy atom. The molecule has 0 spiro atoms. The Balaban J connectivity index is 1.80. The van der Waals surface area contributed by atoms with Gasteiger partial charge in [-0.3, -0.25) is 0 Å². The van der Waals surface area contributed by atoms with Crippen LogP contribution in [0.2, 0.25) is 4.34 Å². The fraction of sp³-hybridized carbons (Fsp3) is 0.143.